The molecular weight excluding hydrogens is 328 g/mol. The first kappa shape index (κ1) is 17.7. The summed E-state index contributed by atoms with van der Waals surface area (Å²) in [6, 6.07) is 6.85. The molecule has 0 aromatic heterocycles. The number of hydrogen-bond donors (Lipinski definition) is 1. The Morgan fingerprint density at radius 1 is 1.25 bits per heavy atom. The molecule has 5 nitrogen and oxygen atoms in total. The highest BCUT2D eigenvalue weighted by Gasteiger charge is 2.39. The number of carbonyl (C=O) groups excluding carboxylic acids is 1. The lowest BCUT2D eigenvalue weighted by Crippen LogP contribution is -2.58. The van der Waals surface area contributed by atoms with Crippen LogP contribution in [0.2, 0.25) is 5.02 Å². The zero-order chi connectivity index (χ0) is 17.1. The molecule has 2 aliphatic rings. The van der Waals surface area contributed by atoms with E-state index in [1.54, 1.807) is 36.2 Å². The summed E-state index contributed by atoms with van der Waals surface area (Å²) in [7, 11) is 1.78. The Bertz CT molecular complexity index is 560. The van der Waals surface area contributed by atoms with Gasteiger partial charge in [0.2, 0.25) is 0 Å². The van der Waals surface area contributed by atoms with Gasteiger partial charge in [0.15, 0.2) is 0 Å². The van der Waals surface area contributed by atoms with Crippen LogP contribution in [-0.4, -0.2) is 72.4 Å². The van der Waals surface area contributed by atoms with Crippen LogP contribution in [0.25, 0.3) is 0 Å². The van der Waals surface area contributed by atoms with Crippen molar-refractivity contribution in [1.29, 1.82) is 0 Å². The second-order valence-corrected chi connectivity index (χ2v) is 7.06. The van der Waals surface area contributed by atoms with Gasteiger partial charge in [0.1, 0.15) is 0 Å². The fraction of sp³-hybridized carbons (Fsp3) is 0.611. The molecule has 1 aromatic carbocycles. The van der Waals surface area contributed by atoms with Crippen molar-refractivity contribution in [3.63, 3.8) is 0 Å². The molecular formula is C18H25ClN2O3. The number of hydrogen-bond acceptors (Lipinski definition) is 4. The third-order valence-corrected chi connectivity index (χ3v) is 5.46. The van der Waals surface area contributed by atoms with Crippen LogP contribution in [-0.2, 0) is 4.74 Å². The topological polar surface area (TPSA) is 53.0 Å². The number of aliphatic hydroxyl groups excluding tert-OH is 1. The number of likely N-dealkylation sites (N-methyl/N-ethyl adjacent to an activating group) is 1. The van der Waals surface area contributed by atoms with E-state index in [1.807, 2.05) is 0 Å². The molecule has 0 spiro atoms. The van der Waals surface area contributed by atoms with Crippen LogP contribution in [0.3, 0.4) is 0 Å². The minimum Gasteiger partial charge on any atom is -0.389 e. The minimum absolute atomic E-state index is 0.0710. The second kappa shape index (κ2) is 7.83. The van der Waals surface area contributed by atoms with Gasteiger partial charge in [-0.25, -0.2) is 0 Å². The van der Waals surface area contributed by atoms with Gasteiger partial charge in [-0.15, -0.1) is 0 Å². The monoisotopic (exact) mass is 352 g/mol. The fourth-order valence-corrected chi connectivity index (χ4v) is 3.94. The van der Waals surface area contributed by atoms with Gasteiger partial charge in [0.05, 0.1) is 25.4 Å². The molecule has 1 saturated carbocycles. The van der Waals surface area contributed by atoms with Crippen LogP contribution in [0.4, 0.5) is 0 Å². The zero-order valence-electron chi connectivity index (χ0n) is 14.0. The lowest BCUT2D eigenvalue weighted by atomic mass is 9.86. The highest BCUT2D eigenvalue weighted by molar-refractivity contribution is 6.30. The number of morpholine rings is 1. The molecule has 1 aliphatic carbocycles. The number of nitrogens with zero attached hydrogens (tertiary/aromatic N) is 2. The van der Waals surface area contributed by atoms with Crippen molar-refractivity contribution in [3.05, 3.63) is 34.9 Å². The Labute approximate surface area is 148 Å². The average molecular weight is 353 g/mol. The van der Waals surface area contributed by atoms with E-state index >= 15 is 0 Å². The number of ether oxygens (including phenoxy) is 1. The number of aliphatic hydroxyl groups is 1. The highest BCUT2D eigenvalue weighted by Crippen LogP contribution is 2.28. The quantitative estimate of drug-likeness (QED) is 0.904. The molecule has 0 radical (unpaired) electrons. The van der Waals surface area contributed by atoms with Crippen LogP contribution in [0, 0.1) is 0 Å². The molecule has 3 rings (SSSR count). The third-order valence-electron chi connectivity index (χ3n) is 5.21. The maximum atomic E-state index is 12.7. The Balaban J connectivity index is 1.70. The van der Waals surface area contributed by atoms with Gasteiger partial charge >= 0.3 is 0 Å². The Hall–Kier alpha value is -1.14. The molecule has 1 heterocycles. The van der Waals surface area contributed by atoms with Crippen molar-refractivity contribution < 1.29 is 14.6 Å². The largest absolute Gasteiger partial charge is 0.389 e. The van der Waals surface area contributed by atoms with Gasteiger partial charge in [-0.05, 0) is 43.5 Å². The van der Waals surface area contributed by atoms with E-state index in [0.29, 0.717) is 23.8 Å². The van der Waals surface area contributed by atoms with E-state index in [0.717, 1.165) is 32.4 Å². The maximum Gasteiger partial charge on any atom is 0.253 e. The summed E-state index contributed by atoms with van der Waals surface area (Å²) in [5.41, 5.74) is 0.600. The van der Waals surface area contributed by atoms with Crippen LogP contribution >= 0.6 is 11.6 Å². The maximum absolute atomic E-state index is 12.7. The van der Waals surface area contributed by atoms with E-state index in [4.69, 9.17) is 16.3 Å². The molecule has 2 fully saturated rings. The van der Waals surface area contributed by atoms with E-state index < -0.39 is 6.10 Å². The van der Waals surface area contributed by atoms with Crippen molar-refractivity contribution in [2.75, 3.05) is 33.4 Å². The zero-order valence-corrected chi connectivity index (χ0v) is 14.8. The molecule has 0 unspecified atom stereocenters. The predicted molar refractivity (Wildman–Crippen MR) is 93.4 cm³/mol. The van der Waals surface area contributed by atoms with Gasteiger partial charge in [-0.2, -0.15) is 0 Å². The summed E-state index contributed by atoms with van der Waals surface area (Å²) >= 11 is 5.89. The van der Waals surface area contributed by atoms with Crippen molar-refractivity contribution in [1.82, 2.24) is 9.80 Å². The number of halogens is 1. The van der Waals surface area contributed by atoms with Gasteiger partial charge < -0.3 is 14.7 Å². The minimum atomic E-state index is -0.530. The number of carbonyl (C=O) groups is 1. The molecule has 6 heteroatoms. The van der Waals surface area contributed by atoms with Gasteiger partial charge in [0.25, 0.3) is 5.91 Å². The summed E-state index contributed by atoms with van der Waals surface area (Å²) in [6.07, 6.45) is 2.29. The van der Waals surface area contributed by atoms with E-state index in [2.05, 4.69) is 4.90 Å². The normalized spacial score (nSPS) is 28.5. The van der Waals surface area contributed by atoms with E-state index in [1.165, 1.54) is 0 Å². The van der Waals surface area contributed by atoms with Crippen LogP contribution in [0.5, 0.6) is 0 Å². The SMILES string of the molecule is CN(C(=O)c1ccc(Cl)cc1)[C@@H]1CCC[C@@H](N2CCOCC2)[C@@H]1O. The van der Waals surface area contributed by atoms with Gasteiger partial charge in [-0.1, -0.05) is 11.6 Å². The lowest BCUT2D eigenvalue weighted by molar-refractivity contribution is -0.0613. The van der Waals surface area contributed by atoms with Crippen molar-refractivity contribution in [3.8, 4) is 0 Å². The van der Waals surface area contributed by atoms with E-state index in [-0.39, 0.29) is 18.0 Å². The average Bonchev–Trinajstić information content (AvgIpc) is 2.62. The Kier molecular flexibility index (Phi) is 5.76. The van der Waals surface area contributed by atoms with Crippen molar-refractivity contribution in [2.45, 2.75) is 37.5 Å². The van der Waals surface area contributed by atoms with Gasteiger partial charge in [-0.3, -0.25) is 9.69 Å². The summed E-state index contributed by atoms with van der Waals surface area (Å²) in [6.45, 7) is 3.13. The van der Waals surface area contributed by atoms with Crippen LogP contribution in [0.1, 0.15) is 29.6 Å². The fourth-order valence-electron chi connectivity index (χ4n) is 3.81. The molecule has 1 aromatic rings. The number of amides is 1. The molecule has 1 amide bonds. The highest BCUT2D eigenvalue weighted by atomic mass is 35.5. The van der Waals surface area contributed by atoms with Crippen LogP contribution < -0.4 is 0 Å². The lowest BCUT2D eigenvalue weighted by Gasteiger charge is -2.45. The molecule has 0 bridgehead atoms. The first-order valence-electron chi connectivity index (χ1n) is 8.60. The van der Waals surface area contributed by atoms with Crippen molar-refractivity contribution in [2.24, 2.45) is 0 Å². The smallest absolute Gasteiger partial charge is 0.253 e. The van der Waals surface area contributed by atoms with E-state index in [9.17, 15) is 9.90 Å². The summed E-state index contributed by atoms with van der Waals surface area (Å²) in [5.74, 6) is -0.0710. The molecule has 1 aliphatic heterocycles. The van der Waals surface area contributed by atoms with Gasteiger partial charge in [0, 0.05) is 36.8 Å². The molecule has 3 atom stereocenters. The number of benzene rings is 1. The predicted octanol–water partition coefficient (Wildman–Crippen LogP) is 2.03. The Morgan fingerprint density at radius 2 is 1.92 bits per heavy atom. The number of rotatable bonds is 3. The standard InChI is InChI=1S/C18H25ClN2O3/c1-20(18(23)13-5-7-14(19)8-6-13)15-3-2-4-16(17(15)22)21-9-11-24-12-10-21/h5-8,15-17,22H,2-4,9-12H2,1H3/t15-,16-,17-/m1/s1. The van der Waals surface area contributed by atoms with Crippen LogP contribution in [0.15, 0.2) is 24.3 Å². The molecule has 1 N–H and O–H groups in total. The summed E-state index contributed by atoms with van der Waals surface area (Å²) in [5, 5.41) is 11.5. The summed E-state index contributed by atoms with van der Waals surface area (Å²) in [4.78, 5) is 16.7. The Morgan fingerprint density at radius 3 is 2.58 bits per heavy atom. The van der Waals surface area contributed by atoms with Crippen molar-refractivity contribution >= 4 is 17.5 Å². The second-order valence-electron chi connectivity index (χ2n) is 6.63. The molecule has 24 heavy (non-hydrogen) atoms. The first-order valence-corrected chi connectivity index (χ1v) is 8.98. The summed E-state index contributed by atoms with van der Waals surface area (Å²) < 4.78 is 5.41. The first-order chi connectivity index (χ1) is 11.6. The third kappa shape index (κ3) is 3.75. The molecule has 1 saturated heterocycles. The molecule has 132 valence electrons.